The van der Waals surface area contributed by atoms with Gasteiger partial charge in [0.2, 0.25) is 11.8 Å². The Hall–Kier alpha value is -4.33. The van der Waals surface area contributed by atoms with Gasteiger partial charge in [-0.25, -0.2) is 4.90 Å². The largest absolute Gasteiger partial charge is 0.480 e. The summed E-state index contributed by atoms with van der Waals surface area (Å²) < 4.78 is 0. The molecule has 2 atom stereocenters. The van der Waals surface area contributed by atoms with Gasteiger partial charge >= 0.3 is 5.97 Å². The second-order valence-electron chi connectivity index (χ2n) is 8.56. The predicted molar refractivity (Wildman–Crippen MR) is 116 cm³/mol. The van der Waals surface area contributed by atoms with Crippen molar-refractivity contribution in [2.75, 3.05) is 4.90 Å². The van der Waals surface area contributed by atoms with E-state index in [0.717, 1.165) is 16.0 Å². The number of nitro benzene ring substituents is 1. The van der Waals surface area contributed by atoms with Crippen molar-refractivity contribution in [3.63, 3.8) is 0 Å². The van der Waals surface area contributed by atoms with Crippen molar-refractivity contribution in [1.29, 1.82) is 0 Å². The average molecular weight is 440 g/mol. The lowest BCUT2D eigenvalue weighted by Crippen LogP contribution is -2.57. The Bertz CT molecular complexity index is 1370. The van der Waals surface area contributed by atoms with Crippen LogP contribution in [0.5, 0.6) is 0 Å². The fraction of sp³-hybridized carbons (Fsp3) is 0.160. The summed E-state index contributed by atoms with van der Waals surface area (Å²) in [6.45, 7) is 0. The van der Waals surface area contributed by atoms with Gasteiger partial charge in [0.15, 0.2) is 0 Å². The van der Waals surface area contributed by atoms with Crippen molar-refractivity contribution in [2.45, 2.75) is 11.3 Å². The van der Waals surface area contributed by atoms with Crippen LogP contribution in [-0.4, -0.2) is 27.8 Å². The Morgan fingerprint density at radius 2 is 1.52 bits per heavy atom. The van der Waals surface area contributed by atoms with Crippen molar-refractivity contribution in [3.8, 4) is 0 Å². The molecule has 1 aliphatic heterocycles. The molecule has 8 nitrogen and oxygen atoms in total. The molecule has 0 saturated carbocycles. The summed E-state index contributed by atoms with van der Waals surface area (Å²) in [4.78, 5) is 52.2. The molecule has 33 heavy (non-hydrogen) atoms. The van der Waals surface area contributed by atoms with E-state index in [1.165, 1.54) is 24.3 Å². The number of nitro groups is 1. The molecular formula is C25H16N2O6. The van der Waals surface area contributed by atoms with Crippen molar-refractivity contribution < 1.29 is 24.4 Å². The number of amides is 2. The van der Waals surface area contributed by atoms with Crippen LogP contribution in [0.3, 0.4) is 0 Å². The van der Waals surface area contributed by atoms with E-state index in [9.17, 15) is 29.6 Å². The maximum atomic E-state index is 13.8. The van der Waals surface area contributed by atoms with Gasteiger partial charge in [-0.15, -0.1) is 0 Å². The second-order valence-corrected chi connectivity index (χ2v) is 8.56. The molecule has 162 valence electrons. The number of imide groups is 1. The van der Waals surface area contributed by atoms with Crippen LogP contribution in [0.2, 0.25) is 0 Å². The van der Waals surface area contributed by atoms with E-state index in [0.29, 0.717) is 11.1 Å². The zero-order valence-corrected chi connectivity index (χ0v) is 17.0. The number of hydrogen-bond donors (Lipinski definition) is 1. The Morgan fingerprint density at radius 3 is 2.09 bits per heavy atom. The van der Waals surface area contributed by atoms with Gasteiger partial charge in [0.05, 0.1) is 22.4 Å². The highest BCUT2D eigenvalue weighted by atomic mass is 16.6. The van der Waals surface area contributed by atoms with Crippen molar-refractivity contribution >= 4 is 29.2 Å². The van der Waals surface area contributed by atoms with E-state index in [1.807, 2.05) is 12.1 Å². The van der Waals surface area contributed by atoms with Crippen LogP contribution in [0.25, 0.3) is 0 Å². The van der Waals surface area contributed by atoms with Crippen LogP contribution in [0.4, 0.5) is 11.4 Å². The van der Waals surface area contributed by atoms with Gasteiger partial charge in [-0.2, -0.15) is 0 Å². The minimum atomic E-state index is -1.73. The molecule has 3 aromatic carbocycles. The van der Waals surface area contributed by atoms with E-state index in [2.05, 4.69) is 0 Å². The van der Waals surface area contributed by atoms with Crippen LogP contribution in [0.1, 0.15) is 28.2 Å². The lowest BCUT2D eigenvalue weighted by Gasteiger charge is -2.51. The summed E-state index contributed by atoms with van der Waals surface area (Å²) in [6.07, 6.45) is 0. The molecule has 0 unspecified atom stereocenters. The molecule has 3 aromatic rings. The van der Waals surface area contributed by atoms with Crippen LogP contribution in [0, 0.1) is 22.0 Å². The van der Waals surface area contributed by atoms with Gasteiger partial charge in [0.1, 0.15) is 5.41 Å². The zero-order valence-electron chi connectivity index (χ0n) is 17.0. The van der Waals surface area contributed by atoms with Crippen molar-refractivity contribution in [2.24, 2.45) is 11.8 Å². The third-order valence-electron chi connectivity index (χ3n) is 7.25. The highest BCUT2D eigenvalue weighted by Crippen LogP contribution is 2.64. The number of nitrogens with zero attached hydrogens (tertiary/aromatic N) is 2. The zero-order chi connectivity index (χ0) is 23.1. The summed E-state index contributed by atoms with van der Waals surface area (Å²) in [5.74, 6) is -4.94. The van der Waals surface area contributed by atoms with Crippen LogP contribution in [-0.2, 0) is 19.8 Å². The summed E-state index contributed by atoms with van der Waals surface area (Å²) in [7, 11) is 0. The highest BCUT2D eigenvalue weighted by molar-refractivity contribution is 6.25. The molecular weight excluding hydrogens is 424 g/mol. The third-order valence-corrected chi connectivity index (χ3v) is 7.25. The topological polar surface area (TPSA) is 118 Å². The number of aliphatic carboxylic acids is 1. The maximum Gasteiger partial charge on any atom is 0.319 e. The molecule has 4 aliphatic rings. The van der Waals surface area contributed by atoms with Gasteiger partial charge < -0.3 is 5.11 Å². The van der Waals surface area contributed by atoms with Crippen molar-refractivity contribution in [1.82, 2.24) is 0 Å². The van der Waals surface area contributed by atoms with Gasteiger partial charge in [0, 0.05) is 18.1 Å². The summed E-state index contributed by atoms with van der Waals surface area (Å²) in [5, 5.41) is 21.9. The van der Waals surface area contributed by atoms with Crippen LogP contribution in [0.15, 0.2) is 72.8 Å². The quantitative estimate of drug-likeness (QED) is 0.380. The molecule has 0 aromatic heterocycles. The van der Waals surface area contributed by atoms with Crippen LogP contribution >= 0.6 is 0 Å². The van der Waals surface area contributed by atoms with E-state index >= 15 is 0 Å². The first kappa shape index (κ1) is 19.4. The first-order chi connectivity index (χ1) is 15.9. The monoisotopic (exact) mass is 440 g/mol. The summed E-state index contributed by atoms with van der Waals surface area (Å²) in [5.41, 5.74) is 0.569. The van der Waals surface area contributed by atoms with Gasteiger partial charge in [-0.1, -0.05) is 54.6 Å². The van der Waals surface area contributed by atoms with Gasteiger partial charge in [0.25, 0.3) is 5.69 Å². The normalized spacial score (nSPS) is 26.5. The Morgan fingerprint density at radius 1 is 0.909 bits per heavy atom. The van der Waals surface area contributed by atoms with Gasteiger partial charge in [-0.3, -0.25) is 24.5 Å². The fourth-order valence-corrected chi connectivity index (χ4v) is 6.14. The molecule has 7 rings (SSSR count). The minimum absolute atomic E-state index is 0.0710. The number of hydrogen-bond acceptors (Lipinski definition) is 5. The highest BCUT2D eigenvalue weighted by Gasteiger charge is 2.71. The molecule has 1 N–H and O–H groups in total. The van der Waals surface area contributed by atoms with Crippen LogP contribution < -0.4 is 4.90 Å². The number of benzene rings is 3. The minimum Gasteiger partial charge on any atom is -0.480 e. The van der Waals surface area contributed by atoms with E-state index in [1.54, 1.807) is 36.4 Å². The standard InChI is InChI=1S/C25H16N2O6/c28-22-20-19-15-8-1-3-10-17(15)25(24(30)31,18-11-4-2-9-16(18)19)21(20)23(29)26(22)13-6-5-7-14(12-13)27(32)33/h1-12,19-21H,(H,30,31)/t19?,20-,21-,25?/m1/s1. The molecule has 2 amide bonds. The van der Waals surface area contributed by atoms with Crippen molar-refractivity contribution in [3.05, 3.63) is 105 Å². The first-order valence-corrected chi connectivity index (χ1v) is 10.4. The lowest BCUT2D eigenvalue weighted by molar-refractivity contribution is -0.384. The molecule has 1 fully saturated rings. The Kier molecular flexibility index (Phi) is 3.73. The smallest absolute Gasteiger partial charge is 0.319 e. The number of rotatable bonds is 3. The lowest BCUT2D eigenvalue weighted by atomic mass is 9.47. The van der Waals surface area contributed by atoms with E-state index in [4.69, 9.17) is 0 Å². The molecule has 3 aliphatic carbocycles. The third kappa shape index (κ3) is 2.17. The summed E-state index contributed by atoms with van der Waals surface area (Å²) in [6, 6.07) is 19.4. The van der Waals surface area contributed by atoms with E-state index < -0.39 is 45.9 Å². The maximum absolute atomic E-state index is 13.8. The number of carbonyl (C=O) groups is 3. The van der Waals surface area contributed by atoms with E-state index in [-0.39, 0.29) is 11.4 Å². The molecule has 1 heterocycles. The SMILES string of the molecule is O=C1[C@@H]2C3c4ccccc4C(C(=O)O)(c4ccccc43)[C@H]2C(=O)N1c1cccc([N+](=O)[O-])c1. The fourth-order valence-electron chi connectivity index (χ4n) is 6.14. The average Bonchev–Trinajstić information content (AvgIpc) is 3.09. The Labute approximate surface area is 187 Å². The summed E-state index contributed by atoms with van der Waals surface area (Å²) >= 11 is 0. The Balaban J connectivity index is 1.64. The molecule has 8 heteroatoms. The molecule has 1 saturated heterocycles. The number of carboxylic acids is 1. The molecule has 2 bridgehead atoms. The number of non-ortho nitro benzene ring substituents is 1. The second kappa shape index (κ2) is 6.35. The number of anilines is 1. The predicted octanol–water partition coefficient (Wildman–Crippen LogP) is 3.23. The first-order valence-electron chi connectivity index (χ1n) is 10.4. The number of carbonyl (C=O) groups excluding carboxylic acids is 2. The number of carboxylic acid groups (broad SMARTS) is 1. The molecule has 0 radical (unpaired) electrons. The van der Waals surface area contributed by atoms with Gasteiger partial charge in [-0.05, 0) is 28.3 Å². The molecule has 0 spiro atoms.